The first-order valence-electron chi connectivity index (χ1n) is 7.51. The van der Waals surface area contributed by atoms with Gasteiger partial charge in [0, 0.05) is 22.7 Å². The van der Waals surface area contributed by atoms with E-state index in [2.05, 4.69) is 46.0 Å². The lowest BCUT2D eigenvalue weighted by Gasteiger charge is -2.35. The Morgan fingerprint density at radius 2 is 2.00 bits per heavy atom. The fourth-order valence-corrected chi connectivity index (χ4v) is 3.68. The van der Waals surface area contributed by atoms with Crippen molar-refractivity contribution in [3.05, 3.63) is 28.2 Å². The largest absolute Gasteiger partial charge is 0.369 e. The topological polar surface area (TPSA) is 29.3 Å². The molecule has 0 aliphatic heterocycles. The van der Waals surface area contributed by atoms with Crippen LogP contribution in [0, 0.1) is 0 Å². The maximum absolute atomic E-state index is 5.64. The van der Waals surface area contributed by atoms with Gasteiger partial charge in [-0.05, 0) is 50.4 Å². The van der Waals surface area contributed by atoms with Crippen LogP contribution in [0.15, 0.2) is 22.7 Å². The molecule has 2 nitrogen and oxygen atoms in total. The zero-order chi connectivity index (χ0) is 13.7. The van der Waals surface area contributed by atoms with Crippen LogP contribution in [-0.4, -0.2) is 19.1 Å². The second-order valence-corrected chi connectivity index (χ2v) is 6.25. The third-order valence-electron chi connectivity index (χ3n) is 4.14. The number of hydrogen-bond acceptors (Lipinski definition) is 2. The van der Waals surface area contributed by atoms with Gasteiger partial charge in [0.05, 0.1) is 0 Å². The van der Waals surface area contributed by atoms with Crippen LogP contribution in [0.2, 0.25) is 0 Å². The van der Waals surface area contributed by atoms with Crippen LogP contribution in [0.3, 0.4) is 0 Å². The van der Waals surface area contributed by atoms with Crippen molar-refractivity contribution in [1.29, 1.82) is 0 Å². The Morgan fingerprint density at radius 3 is 2.58 bits per heavy atom. The van der Waals surface area contributed by atoms with Crippen molar-refractivity contribution < 1.29 is 0 Å². The molecule has 106 valence electrons. The molecule has 0 atom stereocenters. The molecule has 0 heterocycles. The molecule has 19 heavy (non-hydrogen) atoms. The molecule has 0 bridgehead atoms. The van der Waals surface area contributed by atoms with Gasteiger partial charge in [-0.15, -0.1) is 0 Å². The van der Waals surface area contributed by atoms with Gasteiger partial charge in [-0.25, -0.2) is 0 Å². The first-order valence-corrected chi connectivity index (χ1v) is 8.30. The molecule has 1 saturated carbocycles. The third-order valence-corrected chi connectivity index (χ3v) is 4.88. The summed E-state index contributed by atoms with van der Waals surface area (Å²) in [5, 5.41) is 0. The molecule has 0 radical (unpaired) electrons. The van der Waals surface area contributed by atoms with Gasteiger partial charge in [-0.3, -0.25) is 0 Å². The van der Waals surface area contributed by atoms with Crippen LogP contribution in [0.25, 0.3) is 0 Å². The maximum Gasteiger partial charge on any atom is 0.0380 e. The van der Waals surface area contributed by atoms with E-state index in [4.69, 9.17) is 5.73 Å². The normalized spacial score (nSPS) is 16.6. The molecule has 1 fully saturated rings. The Labute approximate surface area is 125 Å². The highest BCUT2D eigenvalue weighted by Crippen LogP contribution is 2.30. The van der Waals surface area contributed by atoms with E-state index in [1.165, 1.54) is 47.8 Å². The molecule has 0 unspecified atom stereocenters. The molecule has 2 rings (SSSR count). The highest BCUT2D eigenvalue weighted by atomic mass is 79.9. The van der Waals surface area contributed by atoms with E-state index in [1.54, 1.807) is 0 Å². The Balaban J connectivity index is 2.15. The quantitative estimate of drug-likeness (QED) is 0.883. The first kappa shape index (κ1) is 14.9. The van der Waals surface area contributed by atoms with Crippen LogP contribution >= 0.6 is 15.9 Å². The van der Waals surface area contributed by atoms with Crippen molar-refractivity contribution in [2.45, 2.75) is 51.5 Å². The number of rotatable bonds is 5. The van der Waals surface area contributed by atoms with Gasteiger partial charge in [-0.2, -0.15) is 0 Å². The molecule has 1 aliphatic rings. The highest BCUT2D eigenvalue weighted by Gasteiger charge is 2.20. The van der Waals surface area contributed by atoms with Crippen LogP contribution < -0.4 is 10.6 Å². The molecule has 2 N–H and O–H groups in total. The van der Waals surface area contributed by atoms with Crippen LogP contribution in [0.5, 0.6) is 0 Å². The second kappa shape index (κ2) is 7.30. The van der Waals surface area contributed by atoms with E-state index in [1.807, 2.05) is 0 Å². The average molecular weight is 325 g/mol. The summed E-state index contributed by atoms with van der Waals surface area (Å²) < 4.78 is 1.20. The van der Waals surface area contributed by atoms with Gasteiger partial charge in [0.2, 0.25) is 0 Å². The van der Waals surface area contributed by atoms with Gasteiger partial charge in [0.15, 0.2) is 0 Å². The Hall–Kier alpha value is -0.540. The predicted molar refractivity (Wildman–Crippen MR) is 86.8 cm³/mol. The summed E-state index contributed by atoms with van der Waals surface area (Å²) in [6.45, 7) is 4.06. The molecular formula is C16H25BrN2. The van der Waals surface area contributed by atoms with E-state index in [-0.39, 0.29) is 0 Å². The minimum atomic E-state index is 0.706. The molecule has 1 aliphatic carbocycles. The molecule has 1 aromatic rings. The van der Waals surface area contributed by atoms with Gasteiger partial charge in [0.1, 0.15) is 0 Å². The number of nitrogens with two attached hydrogens (primary N) is 1. The second-order valence-electron chi connectivity index (χ2n) is 5.39. The zero-order valence-corrected chi connectivity index (χ0v) is 13.5. The van der Waals surface area contributed by atoms with Crippen molar-refractivity contribution in [1.82, 2.24) is 0 Å². The Morgan fingerprint density at radius 1 is 1.26 bits per heavy atom. The first-order chi connectivity index (χ1) is 9.26. The summed E-state index contributed by atoms with van der Waals surface area (Å²) in [4.78, 5) is 2.57. The summed E-state index contributed by atoms with van der Waals surface area (Å²) >= 11 is 3.69. The molecular weight excluding hydrogens is 300 g/mol. The lowest BCUT2D eigenvalue weighted by Crippen LogP contribution is -2.36. The van der Waals surface area contributed by atoms with Gasteiger partial charge < -0.3 is 10.6 Å². The van der Waals surface area contributed by atoms with Gasteiger partial charge in [-0.1, -0.05) is 41.3 Å². The van der Waals surface area contributed by atoms with Gasteiger partial charge in [0.25, 0.3) is 0 Å². The van der Waals surface area contributed by atoms with Crippen LogP contribution in [0.1, 0.15) is 44.6 Å². The summed E-state index contributed by atoms with van der Waals surface area (Å²) in [6, 6.07) is 7.47. The minimum Gasteiger partial charge on any atom is -0.369 e. The van der Waals surface area contributed by atoms with Crippen molar-refractivity contribution in [3.8, 4) is 0 Å². The summed E-state index contributed by atoms with van der Waals surface area (Å²) in [7, 11) is 0. The lowest BCUT2D eigenvalue weighted by atomic mass is 9.93. The molecule has 0 amide bonds. The van der Waals surface area contributed by atoms with Crippen molar-refractivity contribution in [2.24, 2.45) is 5.73 Å². The predicted octanol–water partition coefficient (Wildman–Crippen LogP) is 4.11. The molecule has 0 aromatic heterocycles. The number of benzene rings is 1. The monoisotopic (exact) mass is 324 g/mol. The lowest BCUT2D eigenvalue weighted by molar-refractivity contribution is 0.418. The molecule has 0 saturated heterocycles. The maximum atomic E-state index is 5.64. The summed E-state index contributed by atoms with van der Waals surface area (Å²) in [6.07, 6.45) is 7.80. The van der Waals surface area contributed by atoms with Gasteiger partial charge >= 0.3 is 0 Å². The van der Waals surface area contributed by atoms with E-state index in [0.717, 1.165) is 19.0 Å². The summed E-state index contributed by atoms with van der Waals surface area (Å²) in [5.74, 6) is 0. The number of anilines is 1. The van der Waals surface area contributed by atoms with Crippen LogP contribution in [0.4, 0.5) is 5.69 Å². The number of nitrogens with zero attached hydrogens (tertiary/aromatic N) is 1. The third kappa shape index (κ3) is 3.73. The SMILES string of the molecule is CCN(c1ccc(CCN)c(Br)c1)C1CCCCC1. The van der Waals surface area contributed by atoms with Crippen molar-refractivity contribution in [3.63, 3.8) is 0 Å². The molecule has 0 spiro atoms. The highest BCUT2D eigenvalue weighted by molar-refractivity contribution is 9.10. The standard InChI is InChI=1S/C16H25BrN2/c1-2-19(14-6-4-3-5-7-14)15-9-8-13(10-11-18)16(17)12-15/h8-9,12,14H,2-7,10-11,18H2,1H3. The van der Waals surface area contributed by atoms with E-state index in [9.17, 15) is 0 Å². The van der Waals surface area contributed by atoms with E-state index in [0.29, 0.717) is 6.54 Å². The Bertz CT molecular complexity index is 400. The smallest absolute Gasteiger partial charge is 0.0380 e. The fourth-order valence-electron chi connectivity index (χ4n) is 3.12. The zero-order valence-electron chi connectivity index (χ0n) is 11.9. The molecule has 1 aromatic carbocycles. The minimum absolute atomic E-state index is 0.706. The average Bonchev–Trinajstić information content (AvgIpc) is 2.44. The Kier molecular flexibility index (Phi) is 5.71. The van der Waals surface area contributed by atoms with Crippen LogP contribution in [-0.2, 0) is 6.42 Å². The summed E-state index contributed by atoms with van der Waals surface area (Å²) in [5.41, 5.74) is 8.30. The van der Waals surface area contributed by atoms with Crippen molar-refractivity contribution >= 4 is 21.6 Å². The van der Waals surface area contributed by atoms with Crippen molar-refractivity contribution in [2.75, 3.05) is 18.0 Å². The van der Waals surface area contributed by atoms with E-state index < -0.39 is 0 Å². The fraction of sp³-hybridized carbons (Fsp3) is 0.625. The van der Waals surface area contributed by atoms with E-state index >= 15 is 0 Å². The number of halogens is 1. The number of hydrogen-bond donors (Lipinski definition) is 1. The molecule has 3 heteroatoms.